The topological polar surface area (TPSA) is 191 Å². The van der Waals surface area contributed by atoms with E-state index in [1.54, 1.807) is 0 Å². The maximum atomic E-state index is 13.7. The zero-order chi connectivity index (χ0) is 28.3. The number of allylic oxidation sites excluding steroid dienone is 2. The second-order valence-electron chi connectivity index (χ2n) is 7.54. The summed E-state index contributed by atoms with van der Waals surface area (Å²) in [7, 11) is 2.37. The molecule has 0 saturated carbocycles. The van der Waals surface area contributed by atoms with E-state index in [0.717, 1.165) is 38.1 Å². The van der Waals surface area contributed by atoms with Crippen molar-refractivity contribution < 1.29 is 48.0 Å². The Morgan fingerprint density at radius 3 is 1.29 bits per heavy atom. The van der Waals surface area contributed by atoms with Gasteiger partial charge in [0.2, 0.25) is 11.6 Å². The van der Waals surface area contributed by atoms with Crippen LogP contribution < -0.4 is 9.47 Å². The smallest absolute Gasteiger partial charge is 0.311 e. The summed E-state index contributed by atoms with van der Waals surface area (Å²) < 4.78 is 20.0. The molecule has 0 unspecified atom stereocenters. The first-order valence-corrected chi connectivity index (χ1v) is 10.5. The highest BCUT2D eigenvalue weighted by Crippen LogP contribution is 2.41. The van der Waals surface area contributed by atoms with Gasteiger partial charge in [-0.15, -0.1) is 0 Å². The molecule has 196 valence electrons. The first-order chi connectivity index (χ1) is 17.9. The zero-order valence-corrected chi connectivity index (χ0v) is 20.3. The zero-order valence-electron chi connectivity index (χ0n) is 20.3. The lowest BCUT2D eigenvalue weighted by Crippen LogP contribution is -2.27. The van der Waals surface area contributed by atoms with Crippen LogP contribution in [-0.4, -0.2) is 47.6 Å². The third-order valence-corrected chi connectivity index (χ3v) is 5.14. The summed E-state index contributed by atoms with van der Waals surface area (Å²) in [6.07, 6.45) is 0. The van der Waals surface area contributed by atoms with E-state index in [1.807, 2.05) is 0 Å². The van der Waals surface area contributed by atoms with Crippen molar-refractivity contribution in [1.29, 1.82) is 0 Å². The number of nitrogens with zero attached hydrogens (tertiary/aromatic N) is 2. The molecular weight excluding hydrogens is 508 g/mol. The average molecular weight is 526 g/mol. The molecule has 0 N–H and O–H groups in total. The van der Waals surface area contributed by atoms with Crippen LogP contribution in [0.15, 0.2) is 47.9 Å². The second-order valence-corrected chi connectivity index (χ2v) is 7.54. The van der Waals surface area contributed by atoms with Crippen molar-refractivity contribution in [2.45, 2.75) is 13.8 Å². The van der Waals surface area contributed by atoms with Crippen molar-refractivity contribution in [1.82, 2.24) is 0 Å². The highest BCUT2D eigenvalue weighted by molar-refractivity contribution is 6.47. The summed E-state index contributed by atoms with van der Waals surface area (Å²) in [6.45, 7) is 1.89. The summed E-state index contributed by atoms with van der Waals surface area (Å²) >= 11 is 0. The number of benzene rings is 2. The molecule has 1 aliphatic carbocycles. The van der Waals surface area contributed by atoms with Gasteiger partial charge in [-0.25, -0.2) is 0 Å². The summed E-state index contributed by atoms with van der Waals surface area (Å²) in [5.74, 6) is -6.31. The van der Waals surface area contributed by atoms with E-state index >= 15 is 0 Å². The highest BCUT2D eigenvalue weighted by atomic mass is 16.6. The van der Waals surface area contributed by atoms with Gasteiger partial charge in [-0.1, -0.05) is 0 Å². The number of carbonyl (C=O) groups excluding carboxylic acids is 4. The highest BCUT2D eigenvalue weighted by Gasteiger charge is 2.41. The number of esters is 2. The molecule has 0 atom stereocenters. The van der Waals surface area contributed by atoms with Crippen molar-refractivity contribution >= 4 is 46.0 Å². The number of nitro groups is 2. The minimum Gasteiger partial charge on any atom is -0.490 e. The number of nitro benzene ring substituents is 2. The van der Waals surface area contributed by atoms with E-state index in [4.69, 9.17) is 18.9 Å². The van der Waals surface area contributed by atoms with Crippen molar-refractivity contribution in [2.75, 3.05) is 14.2 Å². The largest absolute Gasteiger partial charge is 0.490 e. The monoisotopic (exact) mass is 526 g/mol. The third-order valence-electron chi connectivity index (χ3n) is 5.14. The van der Waals surface area contributed by atoms with Crippen LogP contribution in [0.4, 0.5) is 11.4 Å². The Hall–Kier alpha value is -5.40. The number of ketones is 2. The summed E-state index contributed by atoms with van der Waals surface area (Å²) in [5.41, 5.74) is -2.82. The number of Topliss-reactive ketones (excluding diaryl/α,β-unsaturated/α-hetero) is 2. The van der Waals surface area contributed by atoms with Gasteiger partial charge in [-0.05, 0) is 35.4 Å². The molecule has 0 amide bonds. The molecule has 0 spiro atoms. The minimum atomic E-state index is -1.15. The van der Waals surface area contributed by atoms with Crippen LogP contribution in [0.5, 0.6) is 11.5 Å². The first kappa shape index (κ1) is 27.2. The Balaban J connectivity index is 2.37. The standard InChI is InChI=1S/C24H18N2O12/c1-11(27)37-23-19(13-5-7-17(35-3)15(9-13)25(31)32)22(30)24(38-12(2)28)20(21(23)29)14-6-8-18(36-4)16(10-14)26(33)34/h5-10H,1-4H3. The maximum absolute atomic E-state index is 13.7. The van der Waals surface area contributed by atoms with E-state index in [2.05, 4.69) is 0 Å². The molecule has 2 aromatic carbocycles. The van der Waals surface area contributed by atoms with Gasteiger partial charge >= 0.3 is 23.3 Å². The van der Waals surface area contributed by atoms with Gasteiger partial charge in [0.25, 0.3) is 0 Å². The number of hydrogen-bond acceptors (Lipinski definition) is 12. The fourth-order valence-electron chi connectivity index (χ4n) is 3.64. The van der Waals surface area contributed by atoms with E-state index in [-0.39, 0.29) is 22.6 Å². The van der Waals surface area contributed by atoms with Gasteiger partial charge in [0.15, 0.2) is 23.0 Å². The SMILES string of the molecule is COc1ccc(C2=C(OC(C)=O)C(=O)C(c3ccc(OC)c([N+](=O)[O-])c3)=C(OC(C)=O)C2=O)cc1[N+](=O)[O-]. The lowest BCUT2D eigenvalue weighted by Gasteiger charge is -2.23. The Kier molecular flexibility index (Phi) is 7.65. The normalized spacial score (nSPS) is 13.3. The molecule has 14 nitrogen and oxygen atoms in total. The van der Waals surface area contributed by atoms with E-state index in [9.17, 15) is 39.4 Å². The van der Waals surface area contributed by atoms with Crippen LogP contribution in [-0.2, 0) is 28.7 Å². The summed E-state index contributed by atoms with van der Waals surface area (Å²) in [4.78, 5) is 72.6. The number of methoxy groups -OCH3 is 2. The molecule has 38 heavy (non-hydrogen) atoms. The molecule has 0 saturated heterocycles. The molecule has 3 rings (SSSR count). The first-order valence-electron chi connectivity index (χ1n) is 10.5. The predicted molar refractivity (Wildman–Crippen MR) is 127 cm³/mol. The number of rotatable bonds is 8. The van der Waals surface area contributed by atoms with Crippen LogP contribution in [0.1, 0.15) is 25.0 Å². The fraction of sp³-hybridized carbons (Fsp3) is 0.167. The molecular formula is C24H18N2O12. The third kappa shape index (κ3) is 5.09. The van der Waals surface area contributed by atoms with Gasteiger partial charge in [0.1, 0.15) is 0 Å². The average Bonchev–Trinajstić information content (AvgIpc) is 2.86. The van der Waals surface area contributed by atoms with Crippen LogP contribution in [0.2, 0.25) is 0 Å². The minimum absolute atomic E-state index is 0.162. The lowest BCUT2D eigenvalue weighted by molar-refractivity contribution is -0.385. The Bertz CT molecular complexity index is 1370. The number of ether oxygens (including phenoxy) is 4. The van der Waals surface area contributed by atoms with Gasteiger partial charge in [0.05, 0.1) is 35.2 Å². The summed E-state index contributed by atoms with van der Waals surface area (Å²) in [6, 6.07) is 6.53. The molecule has 0 aliphatic heterocycles. The molecule has 1 aliphatic rings. The van der Waals surface area contributed by atoms with Gasteiger partial charge in [-0.2, -0.15) is 0 Å². The van der Waals surface area contributed by atoms with Crippen molar-refractivity contribution in [3.05, 3.63) is 79.3 Å². The van der Waals surface area contributed by atoms with Gasteiger partial charge in [0, 0.05) is 26.0 Å². The van der Waals surface area contributed by atoms with E-state index < -0.39 is 67.4 Å². The van der Waals surface area contributed by atoms with Crippen molar-refractivity contribution in [3.8, 4) is 11.5 Å². The van der Waals surface area contributed by atoms with Gasteiger partial charge < -0.3 is 18.9 Å². The Morgan fingerprint density at radius 2 is 1.03 bits per heavy atom. The molecule has 0 aromatic heterocycles. The quantitative estimate of drug-likeness (QED) is 0.212. The maximum Gasteiger partial charge on any atom is 0.311 e. The van der Waals surface area contributed by atoms with Crippen LogP contribution in [0.25, 0.3) is 11.1 Å². The van der Waals surface area contributed by atoms with Crippen LogP contribution >= 0.6 is 0 Å². The molecule has 0 bridgehead atoms. The lowest BCUT2D eigenvalue weighted by atomic mass is 9.85. The molecule has 0 heterocycles. The molecule has 14 heteroatoms. The van der Waals surface area contributed by atoms with Crippen LogP contribution in [0, 0.1) is 20.2 Å². The molecule has 0 fully saturated rings. The van der Waals surface area contributed by atoms with Crippen molar-refractivity contribution in [2.24, 2.45) is 0 Å². The fourth-order valence-corrected chi connectivity index (χ4v) is 3.64. The molecule has 0 radical (unpaired) electrons. The predicted octanol–water partition coefficient (Wildman–Crippen LogP) is 2.92. The molecule has 2 aromatic rings. The number of carbonyl (C=O) groups is 4. The Labute approximate surface area is 213 Å². The summed E-state index contributed by atoms with van der Waals surface area (Å²) in [5, 5.41) is 23.1. The van der Waals surface area contributed by atoms with E-state index in [1.165, 1.54) is 26.4 Å². The Morgan fingerprint density at radius 1 is 0.684 bits per heavy atom. The van der Waals surface area contributed by atoms with E-state index in [0.29, 0.717) is 0 Å². The second kappa shape index (κ2) is 10.7. The van der Waals surface area contributed by atoms with Crippen LogP contribution in [0.3, 0.4) is 0 Å². The van der Waals surface area contributed by atoms with Gasteiger partial charge in [-0.3, -0.25) is 39.4 Å². The number of hydrogen-bond donors (Lipinski definition) is 0. The van der Waals surface area contributed by atoms with Crippen molar-refractivity contribution in [3.63, 3.8) is 0 Å².